The van der Waals surface area contributed by atoms with E-state index in [-0.39, 0.29) is 0 Å². The number of carbonyl (C=O) groups is 1. The van der Waals surface area contributed by atoms with Gasteiger partial charge in [-0.1, -0.05) is 0 Å². The van der Waals surface area contributed by atoms with Gasteiger partial charge in [-0.15, -0.1) is 0 Å². The number of nitrogens with zero attached hydrogens (tertiary/aromatic N) is 2. The summed E-state index contributed by atoms with van der Waals surface area (Å²) < 4.78 is 2.63. The van der Waals surface area contributed by atoms with E-state index in [2.05, 4.69) is 72.8 Å². The first-order chi connectivity index (χ1) is 7.84. The predicted molar refractivity (Wildman–Crippen MR) is 96.6 cm³/mol. The Labute approximate surface area is 146 Å². The molecule has 0 spiro atoms. The number of hydrogen-bond donors (Lipinski definition) is 0. The van der Waals surface area contributed by atoms with Crippen molar-refractivity contribution in [3.8, 4) is 0 Å². The molecule has 0 aromatic heterocycles. The monoisotopic (exact) mass is 588 g/mol. The van der Waals surface area contributed by atoms with Gasteiger partial charge in [0.2, 0.25) is 0 Å². The zero-order valence-corrected chi connectivity index (χ0v) is 16.2. The van der Waals surface area contributed by atoms with E-state index in [0.717, 1.165) is 16.4 Å². The Hall–Kier alpha value is 0.840. The number of aliphatic imine (C=N–C) groups is 1. The molecule has 0 aliphatic heterocycles. The van der Waals surface area contributed by atoms with Crippen LogP contribution in [-0.2, 0) is 0 Å². The number of carbonyl (C=O) groups excluding carboxylic acids is 1. The van der Waals surface area contributed by atoms with Gasteiger partial charge < -0.3 is 4.90 Å². The highest BCUT2D eigenvalue weighted by atomic mass is 127. The summed E-state index contributed by atoms with van der Waals surface area (Å²) in [5.41, 5.74) is 1.31. The van der Waals surface area contributed by atoms with Gasteiger partial charge in [0.1, 0.15) is 0 Å². The summed E-state index contributed by atoms with van der Waals surface area (Å²) in [6.07, 6.45) is 1.70. The average Bonchev–Trinajstić information content (AvgIpc) is 2.14. The maximum atomic E-state index is 11.4. The second-order valence-corrected chi connectivity index (χ2v) is 7.11. The van der Waals surface area contributed by atoms with Crippen molar-refractivity contribution in [1.29, 1.82) is 0 Å². The van der Waals surface area contributed by atoms with E-state index < -0.39 is 5.24 Å². The van der Waals surface area contributed by atoms with Crippen LogP contribution in [0.3, 0.4) is 0 Å². The Morgan fingerprint density at radius 2 is 1.94 bits per heavy atom. The third kappa shape index (κ3) is 4.16. The SMILES string of the molecule is CN(C)/C=N/c1c(I)cc(I)c(C(=O)Cl)c1I. The molecule has 0 aliphatic rings. The third-order valence-electron chi connectivity index (χ3n) is 1.76. The van der Waals surface area contributed by atoms with Crippen LogP contribution in [0.2, 0.25) is 0 Å². The summed E-state index contributed by atoms with van der Waals surface area (Å²) in [5, 5.41) is -0.448. The first kappa shape index (κ1) is 15.9. The molecule has 1 rings (SSSR count). The van der Waals surface area contributed by atoms with E-state index in [9.17, 15) is 4.79 Å². The topological polar surface area (TPSA) is 32.7 Å². The fourth-order valence-electron chi connectivity index (χ4n) is 1.05. The zero-order chi connectivity index (χ0) is 13.2. The van der Waals surface area contributed by atoms with Crippen LogP contribution in [-0.4, -0.2) is 30.6 Å². The molecule has 7 heteroatoms. The van der Waals surface area contributed by atoms with E-state index in [1.165, 1.54) is 0 Å². The molecule has 0 amide bonds. The minimum Gasteiger partial charge on any atom is -0.369 e. The second-order valence-electron chi connectivity index (χ2n) is 3.36. The predicted octanol–water partition coefficient (Wildman–Crippen LogP) is 4.10. The van der Waals surface area contributed by atoms with Crippen molar-refractivity contribution in [2.45, 2.75) is 0 Å². The van der Waals surface area contributed by atoms with Crippen LogP contribution in [0.25, 0.3) is 0 Å². The second kappa shape index (κ2) is 6.85. The Balaban J connectivity index is 3.41. The van der Waals surface area contributed by atoms with Crippen molar-refractivity contribution in [3.05, 3.63) is 22.3 Å². The Kier molecular flexibility index (Phi) is 6.40. The van der Waals surface area contributed by atoms with Crippen molar-refractivity contribution >= 4 is 96.6 Å². The zero-order valence-electron chi connectivity index (χ0n) is 8.97. The van der Waals surface area contributed by atoms with Crippen molar-refractivity contribution in [2.24, 2.45) is 4.99 Å². The molecule has 92 valence electrons. The Morgan fingerprint density at radius 1 is 1.35 bits per heavy atom. The highest BCUT2D eigenvalue weighted by molar-refractivity contribution is 14.1. The van der Waals surface area contributed by atoms with Gasteiger partial charge in [-0.05, 0) is 85.4 Å². The first-order valence-corrected chi connectivity index (χ1v) is 8.04. The minimum atomic E-state index is -0.448. The molecule has 3 nitrogen and oxygen atoms in total. The molecule has 0 fully saturated rings. The molecule has 17 heavy (non-hydrogen) atoms. The van der Waals surface area contributed by atoms with Gasteiger partial charge in [0.15, 0.2) is 0 Å². The first-order valence-electron chi connectivity index (χ1n) is 4.42. The number of benzene rings is 1. The summed E-state index contributed by atoms with van der Waals surface area (Å²) in [6, 6.07) is 1.90. The van der Waals surface area contributed by atoms with Crippen LogP contribution >= 0.6 is 79.4 Å². The summed E-state index contributed by atoms with van der Waals surface area (Å²) in [4.78, 5) is 17.6. The molecule has 0 saturated heterocycles. The fourth-order valence-corrected chi connectivity index (χ4v) is 5.71. The normalized spacial score (nSPS) is 10.9. The summed E-state index contributed by atoms with van der Waals surface area (Å²) in [7, 11) is 3.78. The van der Waals surface area contributed by atoms with Crippen molar-refractivity contribution in [2.75, 3.05) is 14.1 Å². The molecule has 0 saturated carbocycles. The lowest BCUT2D eigenvalue weighted by Gasteiger charge is -2.09. The van der Waals surface area contributed by atoms with Crippen LogP contribution in [0.5, 0.6) is 0 Å². The summed E-state index contributed by atoms with van der Waals surface area (Å²) in [5.74, 6) is 0. The van der Waals surface area contributed by atoms with E-state index in [4.69, 9.17) is 11.6 Å². The van der Waals surface area contributed by atoms with Gasteiger partial charge in [0, 0.05) is 21.2 Å². The lowest BCUT2D eigenvalue weighted by atomic mass is 10.2. The molecular weight excluding hydrogens is 580 g/mol. The third-order valence-corrected chi connectivity index (χ3v) is 4.67. The number of hydrogen-bond acceptors (Lipinski definition) is 2. The molecule has 0 bridgehead atoms. The lowest BCUT2D eigenvalue weighted by molar-refractivity contribution is 0.108. The Morgan fingerprint density at radius 3 is 2.41 bits per heavy atom. The van der Waals surface area contributed by atoms with E-state index in [1.807, 2.05) is 25.1 Å². The number of rotatable bonds is 3. The van der Waals surface area contributed by atoms with Gasteiger partial charge in [-0.3, -0.25) is 4.79 Å². The van der Waals surface area contributed by atoms with Gasteiger partial charge in [-0.2, -0.15) is 0 Å². The van der Waals surface area contributed by atoms with E-state index in [0.29, 0.717) is 5.56 Å². The average molecular weight is 588 g/mol. The van der Waals surface area contributed by atoms with Crippen molar-refractivity contribution < 1.29 is 4.79 Å². The van der Waals surface area contributed by atoms with Gasteiger partial charge in [0.05, 0.1) is 21.2 Å². The Bertz CT molecular complexity index is 489. The molecule has 1 aromatic carbocycles. The molecule has 0 heterocycles. The molecule has 0 N–H and O–H groups in total. The standard InChI is InChI=1S/C10H8ClI3N2O/c1-16(2)4-15-9-6(13)3-5(12)7(8(9)14)10(11)17/h3-4H,1-2H3/b15-4+. The van der Waals surface area contributed by atoms with Crippen LogP contribution in [0.15, 0.2) is 11.1 Å². The quantitative estimate of drug-likeness (QED) is 0.231. The summed E-state index contributed by atoms with van der Waals surface area (Å²) >= 11 is 12.0. The highest BCUT2D eigenvalue weighted by Crippen LogP contribution is 2.34. The van der Waals surface area contributed by atoms with Crippen LogP contribution < -0.4 is 0 Å². The summed E-state index contributed by atoms with van der Waals surface area (Å²) in [6.45, 7) is 0. The smallest absolute Gasteiger partial charge is 0.254 e. The van der Waals surface area contributed by atoms with Crippen LogP contribution in [0.4, 0.5) is 5.69 Å². The van der Waals surface area contributed by atoms with E-state index >= 15 is 0 Å². The van der Waals surface area contributed by atoms with Gasteiger partial charge >= 0.3 is 0 Å². The van der Waals surface area contributed by atoms with Crippen LogP contribution in [0.1, 0.15) is 10.4 Å². The molecule has 0 unspecified atom stereocenters. The van der Waals surface area contributed by atoms with Crippen molar-refractivity contribution in [3.63, 3.8) is 0 Å². The molecule has 0 radical (unpaired) electrons. The minimum absolute atomic E-state index is 0.448. The maximum absolute atomic E-state index is 11.4. The molecular formula is C10H8ClI3N2O. The molecule has 0 aliphatic carbocycles. The van der Waals surface area contributed by atoms with Crippen LogP contribution in [0, 0.1) is 10.7 Å². The lowest BCUT2D eigenvalue weighted by Crippen LogP contribution is -2.08. The van der Waals surface area contributed by atoms with Gasteiger partial charge in [-0.25, -0.2) is 4.99 Å². The van der Waals surface area contributed by atoms with E-state index in [1.54, 1.807) is 6.34 Å². The highest BCUT2D eigenvalue weighted by Gasteiger charge is 2.17. The van der Waals surface area contributed by atoms with Crippen molar-refractivity contribution in [1.82, 2.24) is 4.90 Å². The maximum Gasteiger partial charge on any atom is 0.254 e. The molecule has 1 aromatic rings. The number of halogens is 4. The molecule has 0 atom stereocenters. The largest absolute Gasteiger partial charge is 0.369 e. The van der Waals surface area contributed by atoms with Gasteiger partial charge in [0.25, 0.3) is 5.24 Å². The fraction of sp³-hybridized carbons (Fsp3) is 0.200.